The fourth-order valence-electron chi connectivity index (χ4n) is 2.95. The second-order valence-electron chi connectivity index (χ2n) is 5.84. The highest BCUT2D eigenvalue weighted by molar-refractivity contribution is 7.12. The zero-order valence-corrected chi connectivity index (χ0v) is 12.6. The molecule has 1 aliphatic carbocycles. The van der Waals surface area contributed by atoms with Crippen LogP contribution in [-0.2, 0) is 6.54 Å². The maximum absolute atomic E-state index is 11.2. The van der Waals surface area contributed by atoms with Crippen molar-refractivity contribution in [2.24, 2.45) is 5.92 Å². The summed E-state index contributed by atoms with van der Waals surface area (Å²) in [6, 6.07) is 2.61. The van der Waals surface area contributed by atoms with Crippen molar-refractivity contribution in [2.45, 2.75) is 52.1 Å². The fraction of sp³-hybridized carbons (Fsp3) is 0.667. The molecule has 0 aromatic carbocycles. The third-order valence-corrected chi connectivity index (χ3v) is 4.70. The number of rotatable bonds is 6. The first kappa shape index (κ1) is 14.5. The quantitative estimate of drug-likeness (QED) is 0.861. The molecule has 4 heteroatoms. The summed E-state index contributed by atoms with van der Waals surface area (Å²) in [7, 11) is 0. The standard InChI is InChI=1S/C15H23NO2S/c1-11(2)9-16(13-5-3-4-6-13)10-12-7-8-19-14(12)15(17)18/h7-8,11,13H,3-6,9-10H2,1-2H3,(H,17,18). The molecule has 0 unspecified atom stereocenters. The molecule has 106 valence electrons. The van der Waals surface area contributed by atoms with Gasteiger partial charge in [-0.25, -0.2) is 4.79 Å². The molecule has 1 fully saturated rings. The normalized spacial score (nSPS) is 16.6. The first-order chi connectivity index (χ1) is 9.08. The molecule has 1 heterocycles. The second kappa shape index (κ2) is 6.53. The Morgan fingerprint density at radius 1 is 1.47 bits per heavy atom. The Morgan fingerprint density at radius 3 is 2.74 bits per heavy atom. The van der Waals surface area contributed by atoms with Gasteiger partial charge in [-0.1, -0.05) is 26.7 Å². The number of carboxylic acid groups (broad SMARTS) is 1. The molecule has 0 spiro atoms. The molecule has 1 aromatic rings. The minimum atomic E-state index is -0.791. The summed E-state index contributed by atoms with van der Waals surface area (Å²) >= 11 is 1.33. The molecular weight excluding hydrogens is 258 g/mol. The van der Waals surface area contributed by atoms with Crippen molar-refractivity contribution in [1.82, 2.24) is 4.90 Å². The number of hydrogen-bond acceptors (Lipinski definition) is 3. The number of nitrogens with zero attached hydrogens (tertiary/aromatic N) is 1. The molecule has 2 rings (SSSR count). The van der Waals surface area contributed by atoms with Gasteiger partial charge < -0.3 is 5.11 Å². The smallest absolute Gasteiger partial charge is 0.346 e. The van der Waals surface area contributed by atoms with E-state index in [0.29, 0.717) is 16.8 Å². The third kappa shape index (κ3) is 3.80. The van der Waals surface area contributed by atoms with E-state index in [4.69, 9.17) is 0 Å². The van der Waals surface area contributed by atoms with Crippen molar-refractivity contribution in [3.8, 4) is 0 Å². The molecular formula is C15H23NO2S. The first-order valence-corrected chi connectivity index (χ1v) is 7.99. The Morgan fingerprint density at radius 2 is 2.16 bits per heavy atom. The Balaban J connectivity index is 2.10. The summed E-state index contributed by atoms with van der Waals surface area (Å²) in [6.45, 7) is 6.30. The lowest BCUT2D eigenvalue weighted by molar-refractivity contribution is 0.0699. The Hall–Kier alpha value is -0.870. The number of carbonyl (C=O) groups is 1. The van der Waals surface area contributed by atoms with Gasteiger partial charge >= 0.3 is 5.97 Å². The third-order valence-electron chi connectivity index (χ3n) is 3.76. The van der Waals surface area contributed by atoms with E-state index in [0.717, 1.165) is 18.7 Å². The molecule has 0 saturated heterocycles. The Bertz CT molecular complexity index is 422. The van der Waals surface area contributed by atoms with Gasteiger partial charge in [-0.3, -0.25) is 4.90 Å². The van der Waals surface area contributed by atoms with Gasteiger partial charge in [-0.2, -0.15) is 0 Å². The molecule has 0 amide bonds. The predicted octanol–water partition coefficient (Wildman–Crippen LogP) is 3.85. The van der Waals surface area contributed by atoms with E-state index in [1.807, 2.05) is 11.4 Å². The van der Waals surface area contributed by atoms with Crippen molar-refractivity contribution in [1.29, 1.82) is 0 Å². The van der Waals surface area contributed by atoms with Crippen molar-refractivity contribution in [2.75, 3.05) is 6.54 Å². The topological polar surface area (TPSA) is 40.5 Å². The van der Waals surface area contributed by atoms with Crippen LogP contribution in [0.2, 0.25) is 0 Å². The maximum Gasteiger partial charge on any atom is 0.346 e. The molecule has 0 atom stereocenters. The van der Waals surface area contributed by atoms with Crippen LogP contribution < -0.4 is 0 Å². The highest BCUT2D eigenvalue weighted by atomic mass is 32.1. The van der Waals surface area contributed by atoms with Crippen molar-refractivity contribution < 1.29 is 9.90 Å². The molecule has 0 radical (unpaired) electrons. The lowest BCUT2D eigenvalue weighted by atomic mass is 10.1. The number of aromatic carboxylic acids is 1. The van der Waals surface area contributed by atoms with E-state index in [-0.39, 0.29) is 0 Å². The second-order valence-corrected chi connectivity index (χ2v) is 6.76. The number of hydrogen-bond donors (Lipinski definition) is 1. The molecule has 1 aromatic heterocycles. The van der Waals surface area contributed by atoms with E-state index < -0.39 is 5.97 Å². The van der Waals surface area contributed by atoms with Crippen LogP contribution in [0.1, 0.15) is 54.8 Å². The van der Waals surface area contributed by atoms with Crippen LogP contribution in [0.4, 0.5) is 0 Å². The Labute approximate surface area is 119 Å². The van der Waals surface area contributed by atoms with Crippen molar-refractivity contribution in [3.05, 3.63) is 21.9 Å². The van der Waals surface area contributed by atoms with Gasteiger partial charge in [-0.05, 0) is 35.8 Å². The summed E-state index contributed by atoms with van der Waals surface area (Å²) in [4.78, 5) is 14.2. The van der Waals surface area contributed by atoms with Gasteiger partial charge in [-0.15, -0.1) is 11.3 Å². The van der Waals surface area contributed by atoms with E-state index in [2.05, 4.69) is 18.7 Å². The van der Waals surface area contributed by atoms with Gasteiger partial charge in [0.2, 0.25) is 0 Å². The van der Waals surface area contributed by atoms with Crippen LogP contribution in [0, 0.1) is 5.92 Å². The van der Waals surface area contributed by atoms with Crippen LogP contribution in [0.3, 0.4) is 0 Å². The summed E-state index contributed by atoms with van der Waals surface area (Å²) in [6.07, 6.45) is 5.15. The average Bonchev–Trinajstić information content (AvgIpc) is 2.98. The van der Waals surface area contributed by atoms with Gasteiger partial charge in [0.05, 0.1) is 0 Å². The molecule has 3 nitrogen and oxygen atoms in total. The van der Waals surface area contributed by atoms with Crippen LogP contribution in [0.15, 0.2) is 11.4 Å². The molecule has 1 saturated carbocycles. The summed E-state index contributed by atoms with van der Waals surface area (Å²) in [5.41, 5.74) is 0.977. The molecule has 1 N–H and O–H groups in total. The largest absolute Gasteiger partial charge is 0.477 e. The van der Waals surface area contributed by atoms with Crippen LogP contribution in [-0.4, -0.2) is 28.6 Å². The fourth-order valence-corrected chi connectivity index (χ4v) is 3.70. The predicted molar refractivity (Wildman–Crippen MR) is 78.8 cm³/mol. The first-order valence-electron chi connectivity index (χ1n) is 7.11. The van der Waals surface area contributed by atoms with E-state index >= 15 is 0 Å². The molecule has 1 aliphatic rings. The van der Waals surface area contributed by atoms with E-state index in [1.54, 1.807) is 0 Å². The molecule has 19 heavy (non-hydrogen) atoms. The molecule has 0 bridgehead atoms. The number of thiophene rings is 1. The summed E-state index contributed by atoms with van der Waals surface area (Å²) in [5, 5.41) is 11.1. The van der Waals surface area contributed by atoms with Crippen LogP contribution in [0.5, 0.6) is 0 Å². The number of carboxylic acids is 1. The zero-order valence-electron chi connectivity index (χ0n) is 11.8. The lowest BCUT2D eigenvalue weighted by Gasteiger charge is -2.30. The Kier molecular flexibility index (Phi) is 4.99. The van der Waals surface area contributed by atoms with Gasteiger partial charge in [0.15, 0.2) is 0 Å². The summed E-state index contributed by atoms with van der Waals surface area (Å²) in [5.74, 6) is -0.173. The lowest BCUT2D eigenvalue weighted by Crippen LogP contribution is -2.35. The van der Waals surface area contributed by atoms with Gasteiger partial charge in [0.1, 0.15) is 4.88 Å². The highest BCUT2D eigenvalue weighted by Gasteiger charge is 2.24. The monoisotopic (exact) mass is 281 g/mol. The van der Waals surface area contributed by atoms with Crippen molar-refractivity contribution >= 4 is 17.3 Å². The van der Waals surface area contributed by atoms with E-state index in [9.17, 15) is 9.90 Å². The summed E-state index contributed by atoms with van der Waals surface area (Å²) < 4.78 is 0. The van der Waals surface area contributed by atoms with Crippen LogP contribution >= 0.6 is 11.3 Å². The van der Waals surface area contributed by atoms with Gasteiger partial charge in [0, 0.05) is 19.1 Å². The zero-order chi connectivity index (χ0) is 13.8. The van der Waals surface area contributed by atoms with Gasteiger partial charge in [0.25, 0.3) is 0 Å². The van der Waals surface area contributed by atoms with E-state index in [1.165, 1.54) is 37.0 Å². The average molecular weight is 281 g/mol. The van der Waals surface area contributed by atoms with Crippen LogP contribution in [0.25, 0.3) is 0 Å². The minimum Gasteiger partial charge on any atom is -0.477 e. The maximum atomic E-state index is 11.2. The molecule has 0 aliphatic heterocycles. The minimum absolute atomic E-state index is 0.506. The van der Waals surface area contributed by atoms with Crippen molar-refractivity contribution in [3.63, 3.8) is 0 Å². The SMILES string of the molecule is CC(C)CN(Cc1ccsc1C(=O)O)C1CCCC1. The highest BCUT2D eigenvalue weighted by Crippen LogP contribution is 2.27.